The van der Waals surface area contributed by atoms with E-state index in [0.717, 1.165) is 25.3 Å². The Bertz CT molecular complexity index is 325. The Hall–Kier alpha value is -0.553. The van der Waals surface area contributed by atoms with Crippen LogP contribution in [0.1, 0.15) is 51.9 Å². The van der Waals surface area contributed by atoms with Gasteiger partial charge in [0.1, 0.15) is 6.10 Å². The maximum atomic E-state index is 11.2. The van der Waals surface area contributed by atoms with Crippen molar-refractivity contribution in [3.8, 4) is 0 Å². The van der Waals surface area contributed by atoms with Crippen LogP contribution in [0.4, 0.5) is 4.79 Å². The van der Waals surface area contributed by atoms with Gasteiger partial charge in [-0.15, -0.1) is 0 Å². The number of nitrogens with one attached hydrogen (secondary N) is 1. The Morgan fingerprint density at radius 3 is 2.41 bits per heavy atom. The van der Waals surface area contributed by atoms with E-state index in [4.69, 9.17) is 10.5 Å². The molecule has 0 aromatic carbocycles. The van der Waals surface area contributed by atoms with Crippen molar-refractivity contribution in [1.29, 1.82) is 0 Å². The number of hydrogen-bond donors (Lipinski definition) is 2. The first-order valence-corrected chi connectivity index (χ1v) is 12.7. The van der Waals surface area contributed by atoms with Crippen LogP contribution in [0.3, 0.4) is 0 Å². The number of carbonyl (C=O) groups is 1. The molecule has 0 aliphatic heterocycles. The van der Waals surface area contributed by atoms with Gasteiger partial charge in [-0.05, 0) is 31.3 Å². The number of rotatable bonds is 9. The molecule has 3 N–H and O–H groups in total. The second-order valence-corrected chi connectivity index (χ2v) is 13.6. The maximum absolute atomic E-state index is 11.2. The monoisotopic (exact) mass is 328 g/mol. The van der Waals surface area contributed by atoms with Crippen molar-refractivity contribution in [2.24, 2.45) is 11.7 Å². The average molecular weight is 329 g/mol. The molecule has 2 atom stereocenters. The largest absolute Gasteiger partial charge is 0.445 e. The van der Waals surface area contributed by atoms with Gasteiger partial charge in [0.2, 0.25) is 0 Å². The van der Waals surface area contributed by atoms with E-state index >= 15 is 0 Å². The van der Waals surface area contributed by atoms with Crippen LogP contribution in [-0.2, 0) is 4.74 Å². The first-order chi connectivity index (χ1) is 10.3. The minimum atomic E-state index is -1.05. The lowest BCUT2D eigenvalue weighted by atomic mass is 9.83. The Balaban J connectivity index is 2.58. The van der Waals surface area contributed by atoms with Gasteiger partial charge in [0.15, 0.2) is 0 Å². The molecule has 0 aromatic rings. The molecule has 0 radical (unpaired) electrons. The predicted molar refractivity (Wildman–Crippen MR) is 95.9 cm³/mol. The molecule has 1 aliphatic carbocycles. The Morgan fingerprint density at radius 2 is 1.91 bits per heavy atom. The van der Waals surface area contributed by atoms with E-state index in [0.29, 0.717) is 0 Å². The smallest absolute Gasteiger partial charge is 0.404 e. The van der Waals surface area contributed by atoms with Gasteiger partial charge in [0.25, 0.3) is 0 Å². The van der Waals surface area contributed by atoms with Crippen LogP contribution in [0.15, 0.2) is 0 Å². The summed E-state index contributed by atoms with van der Waals surface area (Å²) in [4.78, 5) is 11.2. The van der Waals surface area contributed by atoms with Crippen LogP contribution in [0.2, 0.25) is 25.7 Å². The first-order valence-electron chi connectivity index (χ1n) is 9.01. The summed E-state index contributed by atoms with van der Waals surface area (Å²) in [5.41, 5.74) is 5.26. The molecule has 1 amide bonds. The fraction of sp³-hybridized carbons (Fsp3) is 0.941. The third-order valence-corrected chi connectivity index (χ3v) is 6.46. The third-order valence-electron chi connectivity index (χ3n) is 4.71. The molecule has 22 heavy (non-hydrogen) atoms. The topological polar surface area (TPSA) is 64.3 Å². The molecule has 1 saturated carbocycles. The lowest BCUT2D eigenvalue weighted by Crippen LogP contribution is -2.45. The summed E-state index contributed by atoms with van der Waals surface area (Å²) in [5.74, 6) is 0.767. The second-order valence-electron chi connectivity index (χ2n) is 7.99. The number of amides is 1. The van der Waals surface area contributed by atoms with Gasteiger partial charge in [-0.3, -0.25) is 0 Å². The van der Waals surface area contributed by atoms with Crippen molar-refractivity contribution < 1.29 is 9.53 Å². The van der Waals surface area contributed by atoms with Crippen LogP contribution >= 0.6 is 0 Å². The van der Waals surface area contributed by atoms with Crippen molar-refractivity contribution in [2.75, 3.05) is 6.54 Å². The van der Waals surface area contributed by atoms with E-state index < -0.39 is 14.2 Å². The highest BCUT2D eigenvalue weighted by Gasteiger charge is 2.27. The van der Waals surface area contributed by atoms with Crippen molar-refractivity contribution in [3.63, 3.8) is 0 Å². The van der Waals surface area contributed by atoms with Crippen LogP contribution in [0.25, 0.3) is 0 Å². The molecule has 0 heterocycles. The summed E-state index contributed by atoms with van der Waals surface area (Å²) in [6.45, 7) is 10.3. The molecule has 4 nitrogen and oxygen atoms in total. The lowest BCUT2D eigenvalue weighted by Gasteiger charge is -2.32. The zero-order valence-electron chi connectivity index (χ0n) is 15.0. The molecular weight excluding hydrogens is 292 g/mol. The third kappa shape index (κ3) is 8.18. The lowest BCUT2D eigenvalue weighted by molar-refractivity contribution is 0.0692. The summed E-state index contributed by atoms with van der Waals surface area (Å²) in [6.07, 6.45) is 7.89. The summed E-state index contributed by atoms with van der Waals surface area (Å²) in [5, 5.41) is 3.68. The molecule has 5 heteroatoms. The molecule has 2 unspecified atom stereocenters. The standard InChI is InChI=1S/C17H36N2O2Si/c1-5-16(21-17(18)20)15(19-11-12-22(2,3)4)13-14-9-7-6-8-10-14/h14-16,19H,5-13H2,1-4H3,(H2,18,20). The molecule has 1 fully saturated rings. The van der Waals surface area contributed by atoms with Gasteiger partial charge in [0.05, 0.1) is 0 Å². The summed E-state index contributed by atoms with van der Waals surface area (Å²) in [7, 11) is -1.05. The number of carbonyl (C=O) groups excluding carboxylic acids is 1. The molecule has 1 aliphatic rings. The fourth-order valence-corrected chi connectivity index (χ4v) is 4.27. The summed E-state index contributed by atoms with van der Waals surface area (Å²) >= 11 is 0. The predicted octanol–water partition coefficient (Wildman–Crippen LogP) is 4.13. The van der Waals surface area contributed by atoms with Gasteiger partial charge >= 0.3 is 6.09 Å². The van der Waals surface area contributed by atoms with Crippen molar-refractivity contribution in [2.45, 2.75) is 89.7 Å². The highest BCUT2D eigenvalue weighted by molar-refractivity contribution is 6.76. The van der Waals surface area contributed by atoms with Crippen molar-refractivity contribution >= 4 is 14.2 Å². The molecule has 130 valence electrons. The number of ether oxygens (including phenoxy) is 1. The molecule has 0 saturated heterocycles. The molecule has 0 spiro atoms. The quantitative estimate of drug-likeness (QED) is 0.626. The Morgan fingerprint density at radius 1 is 1.27 bits per heavy atom. The zero-order chi connectivity index (χ0) is 16.6. The summed E-state index contributed by atoms with van der Waals surface area (Å²) in [6, 6.07) is 1.50. The van der Waals surface area contributed by atoms with Crippen molar-refractivity contribution in [3.05, 3.63) is 0 Å². The van der Waals surface area contributed by atoms with Crippen LogP contribution in [0.5, 0.6) is 0 Å². The molecule has 1 rings (SSSR count). The van der Waals surface area contributed by atoms with E-state index in [1.807, 2.05) is 0 Å². The Kier molecular flexibility index (Phi) is 8.47. The highest BCUT2D eigenvalue weighted by atomic mass is 28.3. The first kappa shape index (κ1) is 19.5. The number of hydrogen-bond acceptors (Lipinski definition) is 3. The van der Waals surface area contributed by atoms with E-state index in [-0.39, 0.29) is 12.1 Å². The zero-order valence-corrected chi connectivity index (χ0v) is 16.0. The average Bonchev–Trinajstić information content (AvgIpc) is 2.43. The van der Waals surface area contributed by atoms with Gasteiger partial charge < -0.3 is 15.8 Å². The van der Waals surface area contributed by atoms with Crippen LogP contribution < -0.4 is 11.1 Å². The van der Waals surface area contributed by atoms with Gasteiger partial charge in [-0.2, -0.15) is 0 Å². The normalized spacial score (nSPS) is 19.6. The minimum absolute atomic E-state index is 0.0962. The SMILES string of the molecule is CCC(OC(N)=O)C(CC1CCCCC1)NCC[Si](C)(C)C. The van der Waals surface area contributed by atoms with E-state index in [1.165, 1.54) is 38.1 Å². The molecular formula is C17H36N2O2Si. The fourth-order valence-electron chi connectivity index (χ4n) is 3.38. The Labute approximate surface area is 137 Å². The second kappa shape index (κ2) is 9.56. The highest BCUT2D eigenvalue weighted by Crippen LogP contribution is 2.29. The minimum Gasteiger partial charge on any atom is -0.445 e. The summed E-state index contributed by atoms with van der Waals surface area (Å²) < 4.78 is 5.37. The van der Waals surface area contributed by atoms with E-state index in [2.05, 4.69) is 31.9 Å². The van der Waals surface area contributed by atoms with Gasteiger partial charge in [-0.25, -0.2) is 4.79 Å². The van der Waals surface area contributed by atoms with Crippen molar-refractivity contribution in [1.82, 2.24) is 5.32 Å². The van der Waals surface area contributed by atoms with Crippen LogP contribution in [0, 0.1) is 5.92 Å². The van der Waals surface area contributed by atoms with E-state index in [9.17, 15) is 4.79 Å². The number of nitrogens with two attached hydrogens (primary N) is 1. The maximum Gasteiger partial charge on any atom is 0.404 e. The molecule has 0 aromatic heterocycles. The van der Waals surface area contributed by atoms with Gasteiger partial charge in [0, 0.05) is 14.1 Å². The van der Waals surface area contributed by atoms with E-state index in [1.54, 1.807) is 0 Å². The van der Waals surface area contributed by atoms with Gasteiger partial charge in [-0.1, -0.05) is 58.7 Å². The molecule has 0 bridgehead atoms. The van der Waals surface area contributed by atoms with Crippen LogP contribution in [-0.4, -0.2) is 32.9 Å². The number of primary amides is 1.